The SMILES string of the molecule is Cc1cc(C)c(Cn2cncn2)cc1CN(C)CC(=O)O. The topological polar surface area (TPSA) is 71.2 Å². The molecule has 21 heavy (non-hydrogen) atoms. The highest BCUT2D eigenvalue weighted by Gasteiger charge is 2.10. The summed E-state index contributed by atoms with van der Waals surface area (Å²) in [5.41, 5.74) is 4.68. The van der Waals surface area contributed by atoms with E-state index >= 15 is 0 Å². The molecule has 1 heterocycles. The Morgan fingerprint density at radius 1 is 1.29 bits per heavy atom. The van der Waals surface area contributed by atoms with Crippen molar-refractivity contribution in [2.24, 2.45) is 0 Å². The van der Waals surface area contributed by atoms with Gasteiger partial charge in [0.15, 0.2) is 0 Å². The van der Waals surface area contributed by atoms with Crippen molar-refractivity contribution in [3.63, 3.8) is 0 Å². The van der Waals surface area contributed by atoms with Crippen molar-refractivity contribution >= 4 is 5.97 Å². The van der Waals surface area contributed by atoms with Gasteiger partial charge in [0.2, 0.25) is 0 Å². The van der Waals surface area contributed by atoms with E-state index in [1.807, 2.05) is 7.05 Å². The summed E-state index contributed by atoms with van der Waals surface area (Å²) in [4.78, 5) is 16.5. The van der Waals surface area contributed by atoms with Crippen LogP contribution >= 0.6 is 0 Å². The average Bonchev–Trinajstić information content (AvgIpc) is 2.87. The van der Waals surface area contributed by atoms with Gasteiger partial charge in [-0.2, -0.15) is 5.10 Å². The average molecular weight is 288 g/mol. The molecule has 0 unspecified atom stereocenters. The second-order valence-corrected chi connectivity index (χ2v) is 5.36. The zero-order chi connectivity index (χ0) is 15.4. The van der Waals surface area contributed by atoms with Gasteiger partial charge >= 0.3 is 5.97 Å². The first kappa shape index (κ1) is 15.2. The maximum Gasteiger partial charge on any atom is 0.317 e. The summed E-state index contributed by atoms with van der Waals surface area (Å²) < 4.78 is 1.78. The number of aryl methyl sites for hydroxylation is 2. The summed E-state index contributed by atoms with van der Waals surface area (Å²) in [6, 6.07) is 4.26. The number of carbonyl (C=O) groups is 1. The van der Waals surface area contributed by atoms with Gasteiger partial charge in [-0.05, 0) is 43.1 Å². The Labute approximate surface area is 124 Å². The van der Waals surface area contributed by atoms with Crippen LogP contribution in [0.15, 0.2) is 24.8 Å². The Kier molecular flexibility index (Phi) is 4.70. The number of rotatable bonds is 6. The molecule has 0 saturated carbocycles. The quantitative estimate of drug-likeness (QED) is 0.871. The van der Waals surface area contributed by atoms with Crippen LogP contribution in [0.3, 0.4) is 0 Å². The van der Waals surface area contributed by atoms with E-state index in [-0.39, 0.29) is 6.54 Å². The van der Waals surface area contributed by atoms with Crippen LogP contribution in [0.1, 0.15) is 22.3 Å². The second kappa shape index (κ2) is 6.49. The smallest absolute Gasteiger partial charge is 0.317 e. The summed E-state index contributed by atoms with van der Waals surface area (Å²) in [6.07, 6.45) is 3.21. The van der Waals surface area contributed by atoms with E-state index in [1.165, 1.54) is 23.0 Å². The van der Waals surface area contributed by atoms with E-state index < -0.39 is 5.97 Å². The molecule has 0 aliphatic carbocycles. The zero-order valence-corrected chi connectivity index (χ0v) is 12.6. The minimum absolute atomic E-state index is 0.0335. The van der Waals surface area contributed by atoms with E-state index in [2.05, 4.69) is 36.1 Å². The Morgan fingerprint density at radius 3 is 2.62 bits per heavy atom. The highest BCUT2D eigenvalue weighted by atomic mass is 16.4. The maximum atomic E-state index is 10.8. The van der Waals surface area contributed by atoms with Crippen LogP contribution in [0.4, 0.5) is 0 Å². The Balaban J connectivity index is 2.19. The summed E-state index contributed by atoms with van der Waals surface area (Å²) in [5, 5.41) is 13.0. The number of hydrogen-bond donors (Lipinski definition) is 1. The fourth-order valence-electron chi connectivity index (χ4n) is 2.36. The number of hydrogen-bond acceptors (Lipinski definition) is 4. The van der Waals surface area contributed by atoms with Gasteiger partial charge in [-0.3, -0.25) is 9.69 Å². The first-order valence-corrected chi connectivity index (χ1v) is 6.77. The third-order valence-electron chi connectivity index (χ3n) is 3.44. The largest absolute Gasteiger partial charge is 0.480 e. The molecule has 0 amide bonds. The predicted molar refractivity (Wildman–Crippen MR) is 79.0 cm³/mol. The van der Waals surface area contributed by atoms with Crippen molar-refractivity contribution in [1.82, 2.24) is 19.7 Å². The van der Waals surface area contributed by atoms with Crippen LogP contribution in [-0.2, 0) is 17.9 Å². The molecular weight excluding hydrogens is 268 g/mol. The van der Waals surface area contributed by atoms with Crippen molar-refractivity contribution in [3.05, 3.63) is 47.0 Å². The van der Waals surface area contributed by atoms with E-state index in [0.717, 1.165) is 5.56 Å². The lowest BCUT2D eigenvalue weighted by Crippen LogP contribution is -2.25. The lowest BCUT2D eigenvalue weighted by atomic mass is 9.99. The Hall–Kier alpha value is -2.21. The molecule has 0 fully saturated rings. The molecule has 2 aromatic rings. The normalized spacial score (nSPS) is 11.0. The van der Waals surface area contributed by atoms with Gasteiger partial charge in [0.05, 0.1) is 13.1 Å². The highest BCUT2D eigenvalue weighted by Crippen LogP contribution is 2.18. The van der Waals surface area contributed by atoms with E-state index in [1.54, 1.807) is 15.9 Å². The van der Waals surface area contributed by atoms with Gasteiger partial charge in [-0.15, -0.1) is 0 Å². The number of carboxylic acids is 1. The zero-order valence-electron chi connectivity index (χ0n) is 12.6. The molecule has 0 radical (unpaired) electrons. The molecule has 6 heteroatoms. The molecule has 1 aromatic carbocycles. The fraction of sp³-hybridized carbons (Fsp3) is 0.400. The van der Waals surface area contributed by atoms with Crippen molar-refractivity contribution in [2.45, 2.75) is 26.9 Å². The van der Waals surface area contributed by atoms with Crippen LogP contribution in [0.25, 0.3) is 0 Å². The minimum atomic E-state index is -0.815. The number of aromatic nitrogens is 3. The molecule has 0 spiro atoms. The molecule has 1 N–H and O–H groups in total. The maximum absolute atomic E-state index is 10.8. The number of nitrogens with zero attached hydrogens (tertiary/aromatic N) is 4. The van der Waals surface area contributed by atoms with Crippen LogP contribution in [0, 0.1) is 13.8 Å². The summed E-state index contributed by atoms with van der Waals surface area (Å²) in [7, 11) is 1.81. The van der Waals surface area contributed by atoms with Gasteiger partial charge in [0.25, 0.3) is 0 Å². The van der Waals surface area contributed by atoms with Gasteiger partial charge in [0.1, 0.15) is 12.7 Å². The molecule has 6 nitrogen and oxygen atoms in total. The lowest BCUT2D eigenvalue weighted by Gasteiger charge is -2.18. The Morgan fingerprint density at radius 2 is 2.00 bits per heavy atom. The second-order valence-electron chi connectivity index (χ2n) is 5.36. The molecule has 1 aromatic heterocycles. The van der Waals surface area contributed by atoms with Crippen molar-refractivity contribution in [2.75, 3.05) is 13.6 Å². The van der Waals surface area contributed by atoms with Gasteiger partial charge in [-0.25, -0.2) is 9.67 Å². The Bertz CT molecular complexity index is 623. The molecule has 0 atom stereocenters. The van der Waals surface area contributed by atoms with Crippen molar-refractivity contribution < 1.29 is 9.90 Å². The molecule has 0 aliphatic heterocycles. The lowest BCUT2D eigenvalue weighted by molar-refractivity contribution is -0.138. The highest BCUT2D eigenvalue weighted by molar-refractivity contribution is 5.69. The number of likely N-dealkylation sites (N-methyl/N-ethyl adjacent to an activating group) is 1. The summed E-state index contributed by atoms with van der Waals surface area (Å²) in [6.45, 7) is 5.44. The van der Waals surface area contributed by atoms with Gasteiger partial charge in [-0.1, -0.05) is 12.1 Å². The number of carboxylic acid groups (broad SMARTS) is 1. The molecule has 0 bridgehead atoms. The standard InChI is InChI=1S/C15H20N4O2/c1-11-4-12(2)14(7-19-10-16-9-17-19)5-13(11)6-18(3)8-15(20)21/h4-5,9-10H,6-8H2,1-3H3,(H,20,21). The van der Waals surface area contributed by atoms with Crippen LogP contribution in [0.5, 0.6) is 0 Å². The predicted octanol–water partition coefficient (Wildman–Crippen LogP) is 1.46. The van der Waals surface area contributed by atoms with Gasteiger partial charge < -0.3 is 5.11 Å². The van der Waals surface area contributed by atoms with Crippen molar-refractivity contribution in [3.8, 4) is 0 Å². The summed E-state index contributed by atoms with van der Waals surface area (Å²) >= 11 is 0. The molecule has 0 aliphatic rings. The third kappa shape index (κ3) is 4.13. The van der Waals surface area contributed by atoms with Crippen molar-refractivity contribution in [1.29, 1.82) is 0 Å². The molecule has 0 saturated heterocycles. The van der Waals surface area contributed by atoms with E-state index in [9.17, 15) is 4.79 Å². The monoisotopic (exact) mass is 288 g/mol. The summed E-state index contributed by atoms with van der Waals surface area (Å²) in [5.74, 6) is -0.815. The first-order valence-electron chi connectivity index (χ1n) is 6.77. The first-order chi connectivity index (χ1) is 9.95. The van der Waals surface area contributed by atoms with Gasteiger partial charge in [0, 0.05) is 6.54 Å². The van der Waals surface area contributed by atoms with Crippen LogP contribution < -0.4 is 0 Å². The molecule has 112 valence electrons. The minimum Gasteiger partial charge on any atom is -0.480 e. The molecular formula is C15H20N4O2. The number of aliphatic carboxylic acids is 1. The fourth-order valence-corrected chi connectivity index (χ4v) is 2.36. The molecule has 2 rings (SSSR count). The van der Waals surface area contributed by atoms with Crippen LogP contribution in [0.2, 0.25) is 0 Å². The third-order valence-corrected chi connectivity index (χ3v) is 3.44. The van der Waals surface area contributed by atoms with E-state index in [0.29, 0.717) is 13.1 Å². The van der Waals surface area contributed by atoms with E-state index in [4.69, 9.17) is 5.11 Å². The van der Waals surface area contributed by atoms with Crippen LogP contribution in [-0.4, -0.2) is 44.3 Å². The number of benzene rings is 1.